The molecule has 6 rings (SSSR count). The predicted octanol–water partition coefficient (Wildman–Crippen LogP) is 5.50. The maximum atomic E-state index is 14.6. The summed E-state index contributed by atoms with van der Waals surface area (Å²) in [6.07, 6.45) is -1.43. The summed E-state index contributed by atoms with van der Waals surface area (Å²) in [5.74, 6) is -3.87. The summed E-state index contributed by atoms with van der Waals surface area (Å²) >= 11 is 0. The molecular weight excluding hydrogens is 580 g/mol. The minimum absolute atomic E-state index is 0.00215. The van der Waals surface area contributed by atoms with E-state index >= 15 is 0 Å². The highest BCUT2D eigenvalue weighted by molar-refractivity contribution is 6.00. The predicted molar refractivity (Wildman–Crippen MR) is 153 cm³/mol. The van der Waals surface area contributed by atoms with Crippen LogP contribution in [-0.4, -0.2) is 47.2 Å². The van der Waals surface area contributed by atoms with Crippen molar-refractivity contribution in [1.29, 1.82) is 0 Å². The molecule has 0 unspecified atom stereocenters. The van der Waals surface area contributed by atoms with Crippen molar-refractivity contribution < 1.29 is 36.6 Å². The number of carbonyl (C=O) groups excluding carboxylic acids is 2. The van der Waals surface area contributed by atoms with Gasteiger partial charge in [-0.25, -0.2) is 9.37 Å². The van der Waals surface area contributed by atoms with E-state index in [1.165, 1.54) is 25.1 Å². The van der Waals surface area contributed by atoms with Gasteiger partial charge in [0.2, 0.25) is 5.91 Å². The lowest BCUT2D eigenvalue weighted by molar-refractivity contribution is -0.149. The Morgan fingerprint density at radius 2 is 1.89 bits per heavy atom. The maximum Gasteiger partial charge on any atom is 0.398 e. The summed E-state index contributed by atoms with van der Waals surface area (Å²) in [7, 11) is 0. The molecule has 3 heterocycles. The lowest BCUT2D eigenvalue weighted by atomic mass is 9.82. The van der Waals surface area contributed by atoms with E-state index in [2.05, 4.69) is 15.3 Å². The molecule has 1 aliphatic carbocycles. The molecule has 0 spiro atoms. The minimum atomic E-state index is -4.85. The van der Waals surface area contributed by atoms with Crippen LogP contribution in [0.15, 0.2) is 54.7 Å². The Kier molecular flexibility index (Phi) is 7.17. The van der Waals surface area contributed by atoms with Crippen LogP contribution in [0, 0.1) is 12.7 Å². The third kappa shape index (κ3) is 5.51. The molecule has 3 N–H and O–H groups in total. The molecule has 2 aromatic heterocycles. The number of amides is 2. The second-order valence-corrected chi connectivity index (χ2v) is 11.4. The van der Waals surface area contributed by atoms with E-state index in [-0.39, 0.29) is 40.8 Å². The topological polar surface area (TPSA) is 116 Å². The number of aryl methyl sites for hydroxylation is 1. The number of carbonyl (C=O) groups is 2. The van der Waals surface area contributed by atoms with Crippen LogP contribution in [-0.2, 0) is 10.2 Å². The van der Waals surface area contributed by atoms with E-state index < -0.39 is 47.4 Å². The molecule has 1 fully saturated rings. The van der Waals surface area contributed by atoms with E-state index in [0.717, 1.165) is 36.6 Å². The second-order valence-electron chi connectivity index (χ2n) is 11.4. The van der Waals surface area contributed by atoms with E-state index in [4.69, 9.17) is 15.2 Å². The van der Waals surface area contributed by atoms with E-state index in [1.807, 2.05) is 13.0 Å². The average molecular weight is 609 g/mol. The van der Waals surface area contributed by atoms with Crippen molar-refractivity contribution in [1.82, 2.24) is 15.3 Å². The zero-order chi connectivity index (χ0) is 31.4. The first-order chi connectivity index (χ1) is 20.8. The number of aromatic nitrogens is 2. The van der Waals surface area contributed by atoms with Gasteiger partial charge in [0, 0.05) is 34.8 Å². The van der Waals surface area contributed by atoms with Gasteiger partial charge in [-0.15, -0.1) is 0 Å². The van der Waals surface area contributed by atoms with Gasteiger partial charge in [-0.3, -0.25) is 14.6 Å². The molecule has 8 nitrogen and oxygen atoms in total. The fourth-order valence-corrected chi connectivity index (χ4v) is 5.19. The quantitative estimate of drug-likeness (QED) is 0.256. The number of pyridine rings is 2. The smallest absolute Gasteiger partial charge is 0.398 e. The number of nitrogens with one attached hydrogen (secondary N) is 1. The third-order valence-corrected chi connectivity index (χ3v) is 7.94. The Balaban J connectivity index is 1.37. The highest BCUT2D eigenvalue weighted by atomic mass is 19.4. The van der Waals surface area contributed by atoms with Crippen LogP contribution in [0.3, 0.4) is 0 Å². The Labute approximate surface area is 249 Å². The third-order valence-electron chi connectivity index (χ3n) is 7.94. The molecule has 2 aliphatic rings. The zero-order valence-electron chi connectivity index (χ0n) is 23.8. The normalized spacial score (nSPS) is 18.4. The molecule has 1 aliphatic heterocycles. The number of nitrogens with zero attached hydrogens (tertiary/aromatic N) is 2. The van der Waals surface area contributed by atoms with Gasteiger partial charge in [0.15, 0.2) is 0 Å². The Morgan fingerprint density at radius 1 is 1.16 bits per heavy atom. The largest absolute Gasteiger partial charge is 0.489 e. The zero-order valence-corrected chi connectivity index (χ0v) is 23.8. The molecule has 0 radical (unpaired) electrons. The van der Waals surface area contributed by atoms with Crippen LogP contribution >= 0.6 is 0 Å². The highest BCUT2D eigenvalue weighted by Crippen LogP contribution is 2.46. The van der Waals surface area contributed by atoms with Crippen molar-refractivity contribution >= 4 is 22.7 Å². The summed E-state index contributed by atoms with van der Waals surface area (Å²) < 4.78 is 69.2. The van der Waals surface area contributed by atoms with Crippen molar-refractivity contribution in [2.75, 3.05) is 13.2 Å². The molecule has 44 heavy (non-hydrogen) atoms. The summed E-state index contributed by atoms with van der Waals surface area (Å²) in [6, 6.07) is 11.0. The van der Waals surface area contributed by atoms with Crippen molar-refractivity contribution in [2.45, 2.75) is 50.3 Å². The van der Waals surface area contributed by atoms with Crippen LogP contribution in [0.25, 0.3) is 22.2 Å². The number of halogens is 4. The summed E-state index contributed by atoms with van der Waals surface area (Å²) in [4.78, 5) is 34.4. The SMILES string of the molecule is Cc1cnc2c(OC3CC3)cc(C(=O)NC[C@H](c3cc4c(c(-c5ccc(F)cc5)n3)OC[C@]4(C)C(N)=O)C(F)(F)F)cc2c1. The molecule has 228 valence electrons. The van der Waals surface area contributed by atoms with Crippen molar-refractivity contribution in [2.24, 2.45) is 5.73 Å². The van der Waals surface area contributed by atoms with Gasteiger partial charge in [0.25, 0.3) is 5.91 Å². The Bertz CT molecular complexity index is 1790. The fourth-order valence-electron chi connectivity index (χ4n) is 5.19. The minimum Gasteiger partial charge on any atom is -0.489 e. The average Bonchev–Trinajstić information content (AvgIpc) is 3.72. The van der Waals surface area contributed by atoms with Crippen LogP contribution < -0.4 is 20.5 Å². The first-order valence-electron chi connectivity index (χ1n) is 14.0. The first-order valence-corrected chi connectivity index (χ1v) is 14.0. The molecule has 1 saturated carbocycles. The number of rotatable bonds is 8. The molecule has 0 bridgehead atoms. The summed E-state index contributed by atoms with van der Waals surface area (Å²) in [6.45, 7) is 2.26. The summed E-state index contributed by atoms with van der Waals surface area (Å²) in [5.41, 5.74) is 5.69. The van der Waals surface area contributed by atoms with Crippen LogP contribution in [0.4, 0.5) is 17.6 Å². The fraction of sp³-hybridized carbons (Fsp3) is 0.312. The van der Waals surface area contributed by atoms with Crippen LogP contribution in [0.1, 0.15) is 52.9 Å². The van der Waals surface area contributed by atoms with E-state index in [9.17, 15) is 27.2 Å². The molecule has 0 saturated heterocycles. The lowest BCUT2D eigenvalue weighted by Gasteiger charge is -2.24. The van der Waals surface area contributed by atoms with Crippen LogP contribution in [0.5, 0.6) is 11.5 Å². The molecule has 4 aromatic rings. The van der Waals surface area contributed by atoms with Crippen molar-refractivity contribution in [3.8, 4) is 22.8 Å². The standard InChI is InChI=1S/C32H28F4N4O4/c1-16-9-18-10-19(11-25(26(18)38-13-16)44-21-7-8-21)29(41)39-14-23(32(34,35)36)24-12-22-28(43-15-31(22,2)30(37)42)27(40-24)17-3-5-20(33)6-4-17/h3-6,9-13,21,23H,7-8,14-15H2,1-2H3,(H2,37,42)(H,39,41)/t23-,31+/m1/s1. The van der Waals surface area contributed by atoms with Crippen LogP contribution in [0.2, 0.25) is 0 Å². The number of hydrogen-bond acceptors (Lipinski definition) is 6. The highest BCUT2D eigenvalue weighted by Gasteiger charge is 2.47. The number of benzene rings is 2. The van der Waals surface area contributed by atoms with Crippen molar-refractivity contribution in [3.63, 3.8) is 0 Å². The Morgan fingerprint density at radius 3 is 2.55 bits per heavy atom. The van der Waals surface area contributed by atoms with Gasteiger partial charge < -0.3 is 20.5 Å². The number of hydrogen-bond donors (Lipinski definition) is 2. The summed E-state index contributed by atoms with van der Waals surface area (Å²) in [5, 5.41) is 3.03. The number of ether oxygens (including phenoxy) is 2. The second kappa shape index (κ2) is 10.8. The number of fused-ring (bicyclic) bond motifs is 2. The van der Waals surface area contributed by atoms with Gasteiger partial charge in [-0.05, 0) is 80.8 Å². The first kappa shape index (κ1) is 29.3. The van der Waals surface area contributed by atoms with Gasteiger partial charge >= 0.3 is 6.18 Å². The molecule has 2 atom stereocenters. The van der Waals surface area contributed by atoms with Gasteiger partial charge in [-0.2, -0.15) is 13.2 Å². The molecule has 2 aromatic carbocycles. The Hall–Kier alpha value is -4.74. The number of primary amides is 1. The molecule has 12 heteroatoms. The number of nitrogens with two attached hydrogens (primary N) is 1. The molecule has 2 amide bonds. The van der Waals surface area contributed by atoms with Gasteiger partial charge in [0.1, 0.15) is 46.5 Å². The van der Waals surface area contributed by atoms with E-state index in [1.54, 1.807) is 12.3 Å². The maximum absolute atomic E-state index is 14.6. The number of alkyl halides is 3. The monoisotopic (exact) mass is 608 g/mol. The van der Waals surface area contributed by atoms with E-state index in [0.29, 0.717) is 16.7 Å². The van der Waals surface area contributed by atoms with Gasteiger partial charge in [0.05, 0.1) is 11.8 Å². The molecular formula is C32H28F4N4O4. The lowest BCUT2D eigenvalue weighted by Crippen LogP contribution is -2.40. The van der Waals surface area contributed by atoms with Crippen molar-refractivity contribution in [3.05, 3.63) is 82.9 Å². The van der Waals surface area contributed by atoms with Gasteiger partial charge in [-0.1, -0.05) is 0 Å².